The average molecular weight is 341 g/mol. The Hall–Kier alpha value is -1.46. The van der Waals surface area contributed by atoms with Crippen LogP contribution in [0, 0.1) is 0 Å². The minimum atomic E-state index is 0.0107. The van der Waals surface area contributed by atoms with Crippen molar-refractivity contribution in [2.75, 3.05) is 34.2 Å². The maximum Gasteiger partial charge on any atom is 0.191 e. The summed E-state index contributed by atoms with van der Waals surface area (Å²) in [7, 11) is 5.91. The lowest BCUT2D eigenvalue weighted by molar-refractivity contribution is 0.196. The summed E-state index contributed by atoms with van der Waals surface area (Å²) in [6.07, 6.45) is 0.0107. The fraction of sp³-hybridized carbons (Fsp3) is 0.588. The molecule has 0 bridgehead atoms. The fourth-order valence-corrected chi connectivity index (χ4v) is 1.83. The summed E-state index contributed by atoms with van der Waals surface area (Å²) >= 11 is 5.87. The van der Waals surface area contributed by atoms with Crippen LogP contribution in [-0.4, -0.2) is 56.7 Å². The van der Waals surface area contributed by atoms with Gasteiger partial charge < -0.3 is 20.3 Å². The number of aliphatic imine (C=N–C) groups is 1. The van der Waals surface area contributed by atoms with Crippen molar-refractivity contribution in [2.24, 2.45) is 4.99 Å². The zero-order valence-corrected chi connectivity index (χ0v) is 15.7. The van der Waals surface area contributed by atoms with Gasteiger partial charge in [0.2, 0.25) is 0 Å². The first-order valence-electron chi connectivity index (χ1n) is 7.79. The van der Waals surface area contributed by atoms with Crippen molar-refractivity contribution in [3.63, 3.8) is 0 Å². The van der Waals surface area contributed by atoms with Crippen molar-refractivity contribution in [1.29, 1.82) is 0 Å². The third kappa shape index (κ3) is 7.10. The van der Waals surface area contributed by atoms with Gasteiger partial charge in [0.05, 0.1) is 6.54 Å². The number of ether oxygens (including phenoxy) is 1. The third-order valence-electron chi connectivity index (χ3n) is 3.83. The molecule has 0 saturated heterocycles. The van der Waals surface area contributed by atoms with Crippen LogP contribution in [0.25, 0.3) is 0 Å². The number of halogens is 1. The Bertz CT molecular complexity index is 500. The predicted octanol–water partition coefficient (Wildman–Crippen LogP) is 2.61. The standard InChI is InChI=1S/C17H29ClN4O/c1-13(23-15-9-7-14(18)8-10-15)11-20-16(19-4)21-12-17(2,3)22(5)6/h7-10,13H,11-12H2,1-6H3,(H2,19,20,21). The molecular weight excluding hydrogens is 312 g/mol. The van der Waals surface area contributed by atoms with Crippen LogP contribution in [0.5, 0.6) is 5.75 Å². The van der Waals surface area contributed by atoms with Crippen molar-refractivity contribution in [2.45, 2.75) is 32.4 Å². The molecule has 0 radical (unpaired) electrons. The molecule has 0 aliphatic heterocycles. The summed E-state index contributed by atoms with van der Waals surface area (Å²) in [6, 6.07) is 7.37. The summed E-state index contributed by atoms with van der Waals surface area (Å²) in [4.78, 5) is 6.42. The molecule has 0 amide bonds. The van der Waals surface area contributed by atoms with E-state index in [0.717, 1.165) is 18.3 Å². The highest BCUT2D eigenvalue weighted by atomic mass is 35.5. The Morgan fingerprint density at radius 1 is 1.26 bits per heavy atom. The number of guanidine groups is 1. The van der Waals surface area contributed by atoms with Crippen molar-refractivity contribution in [3.8, 4) is 5.75 Å². The molecule has 130 valence electrons. The molecule has 0 spiro atoms. The van der Waals surface area contributed by atoms with Crippen LogP contribution in [0.4, 0.5) is 0 Å². The van der Waals surface area contributed by atoms with Gasteiger partial charge in [-0.1, -0.05) is 11.6 Å². The van der Waals surface area contributed by atoms with E-state index in [2.05, 4.69) is 48.5 Å². The highest BCUT2D eigenvalue weighted by Crippen LogP contribution is 2.16. The molecule has 6 heteroatoms. The third-order valence-corrected chi connectivity index (χ3v) is 4.08. The molecule has 0 heterocycles. The van der Waals surface area contributed by atoms with Gasteiger partial charge in [0, 0.05) is 24.2 Å². The predicted molar refractivity (Wildman–Crippen MR) is 98.7 cm³/mol. The molecule has 2 N–H and O–H groups in total. The quantitative estimate of drug-likeness (QED) is 0.591. The largest absolute Gasteiger partial charge is 0.489 e. The average Bonchev–Trinajstić information content (AvgIpc) is 2.49. The van der Waals surface area contributed by atoms with E-state index in [-0.39, 0.29) is 11.6 Å². The van der Waals surface area contributed by atoms with Crippen molar-refractivity contribution in [3.05, 3.63) is 29.3 Å². The van der Waals surface area contributed by atoms with Crippen LogP contribution in [0.15, 0.2) is 29.3 Å². The van der Waals surface area contributed by atoms with Gasteiger partial charge in [-0.15, -0.1) is 0 Å². The second-order valence-electron chi connectivity index (χ2n) is 6.40. The lowest BCUT2D eigenvalue weighted by Gasteiger charge is -2.33. The summed E-state index contributed by atoms with van der Waals surface area (Å²) in [5.41, 5.74) is 0.0447. The molecule has 0 aliphatic rings. The smallest absolute Gasteiger partial charge is 0.191 e. The number of likely N-dealkylation sites (N-methyl/N-ethyl adjacent to an activating group) is 1. The van der Waals surface area contributed by atoms with E-state index in [1.807, 2.05) is 31.2 Å². The molecule has 1 atom stereocenters. The van der Waals surface area contributed by atoms with E-state index in [9.17, 15) is 0 Å². The molecule has 0 aromatic heterocycles. The first-order chi connectivity index (χ1) is 10.7. The van der Waals surface area contributed by atoms with Crippen LogP contribution in [0.3, 0.4) is 0 Å². The maximum atomic E-state index is 5.87. The van der Waals surface area contributed by atoms with Crippen LogP contribution < -0.4 is 15.4 Å². The summed E-state index contributed by atoms with van der Waals surface area (Å²) in [6.45, 7) is 7.83. The van der Waals surface area contributed by atoms with Crippen LogP contribution >= 0.6 is 11.6 Å². The molecule has 1 rings (SSSR count). The van der Waals surface area contributed by atoms with E-state index in [1.54, 1.807) is 7.05 Å². The van der Waals surface area contributed by atoms with E-state index in [0.29, 0.717) is 11.6 Å². The number of rotatable bonds is 7. The van der Waals surface area contributed by atoms with E-state index < -0.39 is 0 Å². The van der Waals surface area contributed by atoms with E-state index in [4.69, 9.17) is 16.3 Å². The first-order valence-corrected chi connectivity index (χ1v) is 8.16. The normalized spacial score (nSPS) is 13.8. The lowest BCUT2D eigenvalue weighted by Crippen LogP contribution is -2.51. The van der Waals surface area contributed by atoms with Crippen LogP contribution in [0.1, 0.15) is 20.8 Å². The zero-order chi connectivity index (χ0) is 17.5. The number of benzene rings is 1. The molecule has 0 fully saturated rings. The number of nitrogens with one attached hydrogen (secondary N) is 2. The minimum absolute atomic E-state index is 0.0107. The Kier molecular flexibility index (Phi) is 7.65. The Labute approximate surface area is 145 Å². The van der Waals surface area contributed by atoms with E-state index >= 15 is 0 Å². The Morgan fingerprint density at radius 2 is 1.87 bits per heavy atom. The minimum Gasteiger partial charge on any atom is -0.489 e. The topological polar surface area (TPSA) is 48.9 Å². The molecule has 0 aliphatic carbocycles. The van der Waals surface area contributed by atoms with Gasteiger partial charge in [0.15, 0.2) is 5.96 Å². The second kappa shape index (κ2) is 8.99. The maximum absolute atomic E-state index is 5.87. The molecule has 0 saturated carbocycles. The fourth-order valence-electron chi connectivity index (χ4n) is 1.71. The van der Waals surface area contributed by atoms with Gasteiger partial charge in [0.25, 0.3) is 0 Å². The van der Waals surface area contributed by atoms with Crippen molar-refractivity contribution >= 4 is 17.6 Å². The monoisotopic (exact) mass is 340 g/mol. The second-order valence-corrected chi connectivity index (χ2v) is 6.83. The van der Waals surface area contributed by atoms with E-state index in [1.165, 1.54) is 0 Å². The Morgan fingerprint density at radius 3 is 2.39 bits per heavy atom. The Balaban J connectivity index is 2.40. The number of hydrogen-bond acceptors (Lipinski definition) is 3. The van der Waals surface area contributed by atoms with Crippen molar-refractivity contribution in [1.82, 2.24) is 15.5 Å². The van der Waals surface area contributed by atoms with Crippen molar-refractivity contribution < 1.29 is 4.74 Å². The van der Waals surface area contributed by atoms with Gasteiger partial charge in [-0.2, -0.15) is 0 Å². The van der Waals surface area contributed by atoms with Crippen LogP contribution in [-0.2, 0) is 0 Å². The number of hydrogen-bond donors (Lipinski definition) is 2. The van der Waals surface area contributed by atoms with Gasteiger partial charge in [0.1, 0.15) is 11.9 Å². The van der Waals surface area contributed by atoms with Gasteiger partial charge >= 0.3 is 0 Å². The highest BCUT2D eigenvalue weighted by molar-refractivity contribution is 6.30. The van der Waals surface area contributed by atoms with Gasteiger partial charge in [-0.05, 0) is 59.1 Å². The molecule has 5 nitrogen and oxygen atoms in total. The van der Waals surface area contributed by atoms with Crippen LogP contribution in [0.2, 0.25) is 5.02 Å². The molecular formula is C17H29ClN4O. The molecule has 1 aromatic carbocycles. The zero-order valence-electron chi connectivity index (χ0n) is 15.0. The summed E-state index contributed by atoms with van der Waals surface area (Å²) < 4.78 is 5.84. The molecule has 1 unspecified atom stereocenters. The highest BCUT2D eigenvalue weighted by Gasteiger charge is 2.20. The van der Waals surface area contributed by atoms with Gasteiger partial charge in [-0.3, -0.25) is 4.99 Å². The molecule has 23 heavy (non-hydrogen) atoms. The summed E-state index contributed by atoms with van der Waals surface area (Å²) in [5, 5.41) is 7.33. The molecule has 1 aromatic rings. The number of nitrogens with zero attached hydrogens (tertiary/aromatic N) is 2. The first kappa shape index (κ1) is 19.6. The SMILES string of the molecule is CN=C(NCC(C)Oc1ccc(Cl)cc1)NCC(C)(C)N(C)C. The van der Waals surface area contributed by atoms with Gasteiger partial charge in [-0.25, -0.2) is 0 Å². The summed E-state index contributed by atoms with van der Waals surface area (Å²) in [5.74, 6) is 1.58. The lowest BCUT2D eigenvalue weighted by atomic mass is 10.0.